The van der Waals surface area contributed by atoms with E-state index in [4.69, 9.17) is 13.1 Å². The van der Waals surface area contributed by atoms with E-state index in [2.05, 4.69) is 82.7 Å². The SMILES string of the molecule is CCCCCCC1(CCCCCC)c2cc(Br)c3nsnc3c2-c2c(F)c3c(c(F)c21)-c1c(cc(I)c2nsnc12)C3(CCCCCC)CCCCCC. The smallest absolute Gasteiger partial charge is 0.136 e. The van der Waals surface area contributed by atoms with Gasteiger partial charge in [-0.15, -0.1) is 0 Å². The molecule has 7 rings (SSSR count). The molecular formula is C44H54BrF2IN4S2. The predicted octanol–water partition coefficient (Wildman–Crippen LogP) is 15.8. The molecule has 0 amide bonds. The first kappa shape index (κ1) is 40.6. The first-order chi connectivity index (χ1) is 26.3. The minimum atomic E-state index is -0.678. The van der Waals surface area contributed by atoms with Gasteiger partial charge in [0.2, 0.25) is 0 Å². The van der Waals surface area contributed by atoms with Crippen LogP contribution in [0, 0.1) is 15.2 Å². The van der Waals surface area contributed by atoms with E-state index in [1.54, 1.807) is 0 Å². The molecule has 4 nitrogen and oxygen atoms in total. The number of nitrogens with zero attached hydrogens (tertiary/aromatic N) is 4. The maximum absolute atomic E-state index is 18.9. The van der Waals surface area contributed by atoms with E-state index in [0.29, 0.717) is 27.8 Å². The van der Waals surface area contributed by atoms with Crippen LogP contribution in [0.2, 0.25) is 0 Å². The Kier molecular flexibility index (Phi) is 13.1. The van der Waals surface area contributed by atoms with Gasteiger partial charge >= 0.3 is 0 Å². The summed E-state index contributed by atoms with van der Waals surface area (Å²) in [6, 6.07) is 4.38. The van der Waals surface area contributed by atoms with E-state index in [0.717, 1.165) is 187 Å². The summed E-state index contributed by atoms with van der Waals surface area (Å²) in [7, 11) is 0. The maximum atomic E-state index is 18.9. The number of fused-ring (bicyclic) bond motifs is 10. The molecule has 0 unspecified atom stereocenters. The van der Waals surface area contributed by atoms with Crippen molar-refractivity contribution in [2.75, 3.05) is 0 Å². The zero-order chi connectivity index (χ0) is 38.0. The van der Waals surface area contributed by atoms with Gasteiger partial charge in [0.1, 0.15) is 33.7 Å². The quantitative estimate of drug-likeness (QED) is 0.0576. The number of hydrogen-bond donors (Lipinski definition) is 0. The maximum Gasteiger partial charge on any atom is 0.136 e. The third-order valence-electron chi connectivity index (χ3n) is 12.7. The van der Waals surface area contributed by atoms with Crippen molar-refractivity contribution in [3.8, 4) is 22.3 Å². The molecule has 0 radical (unpaired) electrons. The second-order valence-corrected chi connectivity index (χ2v) is 19.1. The molecule has 54 heavy (non-hydrogen) atoms. The van der Waals surface area contributed by atoms with Crippen LogP contribution in [0.4, 0.5) is 8.78 Å². The van der Waals surface area contributed by atoms with Crippen LogP contribution >= 0.6 is 62.0 Å². The van der Waals surface area contributed by atoms with Crippen molar-refractivity contribution in [1.82, 2.24) is 17.5 Å². The van der Waals surface area contributed by atoms with Gasteiger partial charge in [0.05, 0.1) is 23.5 Å². The molecular weight excluding hydrogens is 893 g/mol. The first-order valence-electron chi connectivity index (χ1n) is 20.8. The number of halogens is 4. The minimum absolute atomic E-state index is 0.239. The van der Waals surface area contributed by atoms with Crippen LogP contribution in [0.3, 0.4) is 0 Å². The molecule has 0 saturated carbocycles. The van der Waals surface area contributed by atoms with Crippen molar-refractivity contribution in [1.29, 1.82) is 0 Å². The summed E-state index contributed by atoms with van der Waals surface area (Å²) in [6.45, 7) is 8.92. The lowest BCUT2D eigenvalue weighted by atomic mass is 9.68. The van der Waals surface area contributed by atoms with Crippen LogP contribution in [0.25, 0.3) is 44.3 Å². The Hall–Kier alpha value is -1.63. The van der Waals surface area contributed by atoms with E-state index >= 15 is 8.78 Å². The van der Waals surface area contributed by atoms with Crippen LogP contribution < -0.4 is 0 Å². The first-order valence-corrected chi connectivity index (χ1v) is 24.1. The highest BCUT2D eigenvalue weighted by Gasteiger charge is 2.54. The summed E-state index contributed by atoms with van der Waals surface area (Å²) >= 11 is 8.56. The lowest BCUT2D eigenvalue weighted by Crippen LogP contribution is -2.29. The fourth-order valence-corrected chi connectivity index (χ4v) is 12.7. The summed E-state index contributed by atoms with van der Waals surface area (Å²) < 4.78 is 58.7. The summed E-state index contributed by atoms with van der Waals surface area (Å²) in [4.78, 5) is 0. The number of unbranched alkanes of at least 4 members (excludes halogenated alkanes) is 12. The van der Waals surface area contributed by atoms with E-state index < -0.39 is 10.8 Å². The topological polar surface area (TPSA) is 51.6 Å². The van der Waals surface area contributed by atoms with Crippen molar-refractivity contribution < 1.29 is 8.78 Å². The predicted molar refractivity (Wildman–Crippen MR) is 236 cm³/mol. The van der Waals surface area contributed by atoms with Gasteiger partial charge in [-0.1, -0.05) is 130 Å². The average molecular weight is 948 g/mol. The molecule has 0 saturated heterocycles. The second-order valence-electron chi connectivity index (χ2n) is 16.0. The third-order valence-corrected chi connectivity index (χ3v) is 15.2. The van der Waals surface area contributed by atoms with Gasteiger partial charge in [-0.05, 0) is 87.5 Å². The van der Waals surface area contributed by atoms with Crippen molar-refractivity contribution >= 4 is 84.0 Å². The standard InChI is InChI=1S/C44H54BrF2IN4S2/c1-5-9-13-17-21-43(22-18-14-10-6-2)27-25-29(45)39-41(51-53-49-39)31(27)33-35(43)38(47)34-32-28(26-30(48)40-42(32)52-54-50-40)44(36(34)37(33)46,23-19-15-11-7-3)24-20-16-12-8-4/h25-26H,5-24H2,1-4H3. The van der Waals surface area contributed by atoms with Crippen LogP contribution in [-0.2, 0) is 10.8 Å². The monoisotopic (exact) mass is 946 g/mol. The molecule has 2 heterocycles. The van der Waals surface area contributed by atoms with Crippen molar-refractivity contribution in [2.24, 2.45) is 0 Å². The summed E-state index contributed by atoms with van der Waals surface area (Å²) in [5, 5.41) is 0. The third kappa shape index (κ3) is 6.80. The van der Waals surface area contributed by atoms with Gasteiger partial charge in [-0.3, -0.25) is 0 Å². The number of rotatable bonds is 20. The highest BCUT2D eigenvalue weighted by Crippen LogP contribution is 2.65. The highest BCUT2D eigenvalue weighted by atomic mass is 127. The summed E-state index contributed by atoms with van der Waals surface area (Å²) in [6.07, 6.45) is 20.3. The Balaban J connectivity index is 1.58. The van der Waals surface area contributed by atoms with Gasteiger partial charge in [-0.25, -0.2) is 8.78 Å². The molecule has 3 aromatic carbocycles. The molecule has 0 N–H and O–H groups in total. The highest BCUT2D eigenvalue weighted by molar-refractivity contribution is 14.1. The minimum Gasteiger partial charge on any atom is -0.206 e. The van der Waals surface area contributed by atoms with Gasteiger partial charge in [-0.2, -0.15) is 17.5 Å². The molecule has 10 heteroatoms. The van der Waals surface area contributed by atoms with Crippen molar-refractivity contribution in [3.05, 3.63) is 54.1 Å². The largest absolute Gasteiger partial charge is 0.206 e. The zero-order valence-corrected chi connectivity index (χ0v) is 37.8. The number of hydrogen-bond acceptors (Lipinski definition) is 6. The Morgan fingerprint density at radius 1 is 0.519 bits per heavy atom. The van der Waals surface area contributed by atoms with E-state index in [-0.39, 0.29) is 11.6 Å². The van der Waals surface area contributed by atoms with Crippen LogP contribution in [0.15, 0.2) is 16.6 Å². The van der Waals surface area contributed by atoms with E-state index in [1.807, 2.05) is 0 Å². The van der Waals surface area contributed by atoms with E-state index in [1.165, 1.54) is 11.7 Å². The van der Waals surface area contributed by atoms with Crippen molar-refractivity contribution in [3.63, 3.8) is 0 Å². The van der Waals surface area contributed by atoms with Crippen LogP contribution in [0.5, 0.6) is 0 Å². The fourth-order valence-electron chi connectivity index (χ4n) is 10.1. The summed E-state index contributed by atoms with van der Waals surface area (Å²) in [5.41, 5.74) is 7.32. The number of benzene rings is 3. The molecule has 0 aliphatic heterocycles. The summed E-state index contributed by atoms with van der Waals surface area (Å²) in [5.74, 6) is -0.478. The lowest BCUT2D eigenvalue weighted by molar-refractivity contribution is 0.377. The van der Waals surface area contributed by atoms with Crippen LogP contribution in [0.1, 0.15) is 178 Å². The lowest BCUT2D eigenvalue weighted by Gasteiger charge is -2.35. The molecule has 0 bridgehead atoms. The molecule has 5 aromatic rings. The normalized spacial score (nSPS) is 15.0. The Morgan fingerprint density at radius 2 is 0.889 bits per heavy atom. The molecule has 0 atom stereocenters. The zero-order valence-electron chi connectivity index (χ0n) is 32.4. The van der Waals surface area contributed by atoms with Crippen LogP contribution in [-0.4, -0.2) is 17.5 Å². The van der Waals surface area contributed by atoms with Gasteiger partial charge < -0.3 is 0 Å². The molecule has 290 valence electrons. The van der Waals surface area contributed by atoms with Gasteiger partial charge in [0.15, 0.2) is 0 Å². The molecule has 2 aromatic heterocycles. The van der Waals surface area contributed by atoms with Gasteiger partial charge in [0, 0.05) is 52.3 Å². The molecule has 0 fully saturated rings. The van der Waals surface area contributed by atoms with E-state index in [9.17, 15) is 0 Å². The average Bonchev–Trinajstić information content (AvgIpc) is 3.96. The van der Waals surface area contributed by atoms with Gasteiger partial charge in [0.25, 0.3) is 0 Å². The Bertz CT molecular complexity index is 1950. The van der Waals surface area contributed by atoms with Crippen molar-refractivity contribution in [2.45, 2.75) is 167 Å². The fraction of sp³-hybridized carbons (Fsp3) is 0.591. The molecule has 2 aliphatic rings. The molecule has 0 spiro atoms. The second kappa shape index (κ2) is 17.5. The Labute approximate surface area is 351 Å². The molecule has 2 aliphatic carbocycles. The Morgan fingerprint density at radius 3 is 1.31 bits per heavy atom. The number of aromatic nitrogens is 4.